The fraction of sp³-hybridized carbons (Fsp3) is 0.333. The van der Waals surface area contributed by atoms with Gasteiger partial charge in [-0.25, -0.2) is 4.79 Å². The number of carbonyl (C=O) groups excluding carboxylic acids is 2. The van der Waals surface area contributed by atoms with E-state index in [0.717, 1.165) is 9.35 Å². The molecule has 26 heavy (non-hydrogen) atoms. The van der Waals surface area contributed by atoms with Crippen molar-refractivity contribution in [3.05, 3.63) is 54.6 Å². The number of carbonyl (C=O) groups is 2. The first-order valence-corrected chi connectivity index (χ1v) is 10.2. The van der Waals surface area contributed by atoms with Gasteiger partial charge >= 0.3 is 5.97 Å². The summed E-state index contributed by atoms with van der Waals surface area (Å²) in [5.41, 5.74) is -0.533. The molecule has 1 amide bonds. The van der Waals surface area contributed by atoms with Gasteiger partial charge < -0.3 is 10.1 Å². The van der Waals surface area contributed by atoms with Crippen LogP contribution in [0, 0.1) is 0 Å². The summed E-state index contributed by atoms with van der Waals surface area (Å²) < 4.78 is 6.37. The molecule has 0 bridgehead atoms. The van der Waals surface area contributed by atoms with E-state index in [0.29, 0.717) is 6.42 Å². The molecule has 2 aromatic rings. The van der Waals surface area contributed by atoms with Crippen LogP contribution in [0.15, 0.2) is 34.1 Å². The van der Waals surface area contributed by atoms with Crippen LogP contribution in [-0.2, 0) is 16.0 Å². The maximum Gasteiger partial charge on any atom is 0.329 e. The third-order valence-corrected chi connectivity index (χ3v) is 5.56. The van der Waals surface area contributed by atoms with Gasteiger partial charge in [0.2, 0.25) is 0 Å². The number of hydrogen-bond donors (Lipinski definition) is 1. The smallest absolute Gasteiger partial charge is 0.329 e. The van der Waals surface area contributed by atoms with Gasteiger partial charge in [-0.05, 0) is 54.9 Å². The van der Waals surface area contributed by atoms with E-state index in [1.165, 1.54) is 11.3 Å². The van der Waals surface area contributed by atoms with Crippen LogP contribution < -0.4 is 5.32 Å². The maximum atomic E-state index is 12.7. The Labute approximate surface area is 175 Å². The van der Waals surface area contributed by atoms with E-state index in [-0.39, 0.29) is 15.6 Å². The molecular weight excluding hydrogens is 461 g/mol. The minimum atomic E-state index is -0.861. The number of ether oxygens (including phenoxy) is 1. The Hall–Kier alpha value is -1.08. The van der Waals surface area contributed by atoms with E-state index < -0.39 is 23.5 Å². The van der Waals surface area contributed by atoms with Crippen LogP contribution in [-0.4, -0.2) is 23.5 Å². The van der Waals surface area contributed by atoms with Crippen molar-refractivity contribution in [1.29, 1.82) is 0 Å². The van der Waals surface area contributed by atoms with Gasteiger partial charge in [-0.1, -0.05) is 29.3 Å². The lowest BCUT2D eigenvalue weighted by molar-refractivity contribution is -0.157. The highest BCUT2D eigenvalue weighted by molar-refractivity contribution is 9.10. The van der Waals surface area contributed by atoms with Crippen LogP contribution in [0.1, 0.15) is 36.0 Å². The summed E-state index contributed by atoms with van der Waals surface area (Å²) in [5.74, 6) is -1.04. The zero-order valence-corrected chi connectivity index (χ0v) is 18.4. The minimum absolute atomic E-state index is 0.136. The van der Waals surface area contributed by atoms with Crippen molar-refractivity contribution < 1.29 is 14.3 Å². The molecular formula is C18H18BrCl2NO3S. The Morgan fingerprint density at radius 3 is 2.38 bits per heavy atom. The lowest BCUT2D eigenvalue weighted by atomic mass is 10.1. The van der Waals surface area contributed by atoms with Crippen LogP contribution in [0.4, 0.5) is 0 Å². The average molecular weight is 479 g/mol. The highest BCUT2D eigenvalue weighted by atomic mass is 79.9. The van der Waals surface area contributed by atoms with Gasteiger partial charge in [-0.3, -0.25) is 4.79 Å². The van der Waals surface area contributed by atoms with Crippen molar-refractivity contribution in [1.82, 2.24) is 5.32 Å². The number of halogens is 3. The third kappa shape index (κ3) is 5.98. The first-order chi connectivity index (χ1) is 12.1. The molecule has 0 radical (unpaired) electrons. The van der Waals surface area contributed by atoms with E-state index >= 15 is 0 Å². The second-order valence-electron chi connectivity index (χ2n) is 6.59. The van der Waals surface area contributed by atoms with Crippen molar-refractivity contribution in [2.24, 2.45) is 0 Å². The van der Waals surface area contributed by atoms with E-state index in [1.54, 1.807) is 39.0 Å². The fourth-order valence-corrected chi connectivity index (χ4v) is 4.24. The van der Waals surface area contributed by atoms with Crippen LogP contribution in [0.2, 0.25) is 10.0 Å². The molecule has 0 unspecified atom stereocenters. The van der Waals surface area contributed by atoms with Gasteiger partial charge in [0, 0.05) is 21.2 Å². The summed E-state index contributed by atoms with van der Waals surface area (Å²) in [6, 6.07) is 5.83. The Bertz CT molecular complexity index is 797. The molecule has 1 aromatic heterocycles. The van der Waals surface area contributed by atoms with Crippen molar-refractivity contribution in [2.75, 3.05) is 0 Å². The molecule has 4 nitrogen and oxygen atoms in total. The standard InChI is InChI=1S/C18H18BrCl2NO3S/c1-18(2,3)25-17(24)14(8-11-7-10(19)9-26-11)22-16(23)15-12(20)5-4-6-13(15)21/h4-7,9,14H,8H2,1-3H3,(H,22,23)/t14-/m0/s1. The first kappa shape index (κ1) is 21.2. The van der Waals surface area contributed by atoms with Gasteiger partial charge in [0.25, 0.3) is 5.91 Å². The summed E-state index contributed by atoms with van der Waals surface area (Å²) in [6.07, 6.45) is 0.305. The van der Waals surface area contributed by atoms with Crippen molar-refractivity contribution >= 4 is 62.3 Å². The first-order valence-electron chi connectivity index (χ1n) is 7.77. The molecule has 1 N–H and O–H groups in total. The molecule has 0 saturated heterocycles. The molecule has 0 fully saturated rings. The highest BCUT2D eigenvalue weighted by Crippen LogP contribution is 2.25. The Morgan fingerprint density at radius 2 is 1.88 bits per heavy atom. The van der Waals surface area contributed by atoms with Gasteiger partial charge in [-0.2, -0.15) is 0 Å². The zero-order valence-electron chi connectivity index (χ0n) is 14.4. The number of benzene rings is 1. The van der Waals surface area contributed by atoms with Crippen LogP contribution >= 0.6 is 50.5 Å². The topological polar surface area (TPSA) is 55.4 Å². The van der Waals surface area contributed by atoms with E-state index in [2.05, 4.69) is 21.2 Å². The van der Waals surface area contributed by atoms with Gasteiger partial charge in [0.1, 0.15) is 11.6 Å². The predicted octanol–water partition coefficient (Wildman–Crippen LogP) is 5.50. The summed E-state index contributed by atoms with van der Waals surface area (Å²) in [7, 11) is 0. The Morgan fingerprint density at radius 1 is 1.27 bits per heavy atom. The van der Waals surface area contributed by atoms with Gasteiger partial charge in [0.15, 0.2) is 0 Å². The van der Waals surface area contributed by atoms with Crippen LogP contribution in [0.25, 0.3) is 0 Å². The monoisotopic (exact) mass is 477 g/mol. The summed E-state index contributed by atoms with van der Waals surface area (Å²) in [5, 5.41) is 5.05. The fourth-order valence-electron chi connectivity index (χ4n) is 2.17. The number of hydrogen-bond acceptors (Lipinski definition) is 4. The second kappa shape index (κ2) is 8.74. The summed E-state index contributed by atoms with van der Waals surface area (Å²) >= 11 is 17.1. The lowest BCUT2D eigenvalue weighted by Crippen LogP contribution is -2.45. The second-order valence-corrected chi connectivity index (χ2v) is 9.32. The molecule has 140 valence electrons. The molecule has 8 heteroatoms. The number of thiophene rings is 1. The predicted molar refractivity (Wildman–Crippen MR) is 109 cm³/mol. The Kier molecular flexibility index (Phi) is 7.13. The van der Waals surface area contributed by atoms with Crippen LogP contribution in [0.5, 0.6) is 0 Å². The van der Waals surface area contributed by atoms with E-state index in [4.69, 9.17) is 27.9 Å². The summed E-state index contributed by atoms with van der Waals surface area (Å²) in [6.45, 7) is 5.32. The Balaban J connectivity index is 2.25. The molecule has 1 atom stereocenters. The number of esters is 1. The van der Waals surface area contributed by atoms with Gasteiger partial charge in [-0.15, -0.1) is 11.3 Å². The van der Waals surface area contributed by atoms with Crippen molar-refractivity contribution in [3.63, 3.8) is 0 Å². The maximum absolute atomic E-state index is 12.7. The normalized spacial score (nSPS) is 12.5. The average Bonchev–Trinajstić information content (AvgIpc) is 2.90. The molecule has 2 rings (SSSR count). The molecule has 1 heterocycles. The van der Waals surface area contributed by atoms with Crippen LogP contribution in [0.3, 0.4) is 0 Å². The van der Waals surface area contributed by atoms with E-state index in [1.807, 2.05) is 11.4 Å². The minimum Gasteiger partial charge on any atom is -0.458 e. The lowest BCUT2D eigenvalue weighted by Gasteiger charge is -2.24. The van der Waals surface area contributed by atoms with Crippen molar-refractivity contribution in [2.45, 2.75) is 38.8 Å². The zero-order chi connectivity index (χ0) is 19.5. The molecule has 0 aliphatic carbocycles. The SMILES string of the molecule is CC(C)(C)OC(=O)[C@H](Cc1cc(Br)cs1)NC(=O)c1c(Cl)cccc1Cl. The number of nitrogens with one attached hydrogen (secondary N) is 1. The quantitative estimate of drug-likeness (QED) is 0.577. The molecule has 0 spiro atoms. The van der Waals surface area contributed by atoms with E-state index in [9.17, 15) is 9.59 Å². The third-order valence-electron chi connectivity index (χ3n) is 3.21. The number of rotatable bonds is 5. The summed E-state index contributed by atoms with van der Waals surface area (Å²) in [4.78, 5) is 26.2. The van der Waals surface area contributed by atoms with Gasteiger partial charge in [0.05, 0.1) is 15.6 Å². The highest BCUT2D eigenvalue weighted by Gasteiger charge is 2.29. The molecule has 1 aromatic carbocycles. The molecule has 0 aliphatic rings. The largest absolute Gasteiger partial charge is 0.458 e. The number of amides is 1. The van der Waals surface area contributed by atoms with Crippen molar-refractivity contribution in [3.8, 4) is 0 Å². The molecule has 0 saturated carbocycles. The molecule has 0 aliphatic heterocycles.